The first-order valence-corrected chi connectivity index (χ1v) is 11.5. The van der Waals surface area contributed by atoms with Crippen molar-refractivity contribution in [1.82, 2.24) is 0 Å². The second-order valence-corrected chi connectivity index (χ2v) is 9.60. The maximum absolute atomic E-state index is 12.5. The predicted molar refractivity (Wildman–Crippen MR) is 120 cm³/mol. The Morgan fingerprint density at radius 1 is 0.833 bits per heavy atom. The smallest absolute Gasteiger partial charge is 0.337 e. The minimum absolute atomic E-state index is 0.0168. The minimum atomic E-state index is -3.83. The van der Waals surface area contributed by atoms with Crippen LogP contribution in [-0.4, -0.2) is 25.4 Å². The van der Waals surface area contributed by atoms with Gasteiger partial charge in [0.2, 0.25) is 0 Å². The molecule has 3 aromatic rings. The van der Waals surface area contributed by atoms with E-state index >= 15 is 0 Å². The highest BCUT2D eigenvalue weighted by atomic mass is 79.9. The molecule has 0 bridgehead atoms. The molecule has 1 amide bonds. The molecule has 10 heteroatoms. The number of anilines is 2. The van der Waals surface area contributed by atoms with Crippen molar-refractivity contribution >= 4 is 65.1 Å². The van der Waals surface area contributed by atoms with E-state index in [0.717, 1.165) is 4.47 Å². The van der Waals surface area contributed by atoms with Crippen molar-refractivity contribution in [3.05, 3.63) is 86.8 Å². The molecule has 0 aromatic heterocycles. The fourth-order valence-electron chi connectivity index (χ4n) is 2.51. The number of rotatable bonds is 6. The Hall–Kier alpha value is -2.69. The lowest BCUT2D eigenvalue weighted by atomic mass is 10.1. The molecule has 0 atom stereocenters. The molecule has 0 unspecified atom stereocenters. The van der Waals surface area contributed by atoms with Crippen molar-refractivity contribution in [2.24, 2.45) is 0 Å². The zero-order valence-electron chi connectivity index (χ0n) is 15.1. The lowest BCUT2D eigenvalue weighted by Gasteiger charge is -2.11. The fourth-order valence-corrected chi connectivity index (χ4v) is 4.20. The lowest BCUT2D eigenvalue weighted by Crippen LogP contribution is -2.16. The number of amides is 1. The van der Waals surface area contributed by atoms with Crippen LogP contribution in [0.25, 0.3) is 0 Å². The van der Waals surface area contributed by atoms with Gasteiger partial charge in [-0.1, -0.05) is 31.9 Å². The van der Waals surface area contributed by atoms with Crippen LogP contribution in [0, 0.1) is 0 Å². The van der Waals surface area contributed by atoms with E-state index in [-0.39, 0.29) is 21.7 Å². The van der Waals surface area contributed by atoms with Crippen molar-refractivity contribution in [2.45, 2.75) is 4.90 Å². The zero-order chi connectivity index (χ0) is 21.9. The van der Waals surface area contributed by atoms with Crippen LogP contribution in [0.4, 0.5) is 11.4 Å². The van der Waals surface area contributed by atoms with Crippen LogP contribution in [0.1, 0.15) is 20.7 Å². The monoisotopic (exact) mass is 552 g/mol. The molecule has 30 heavy (non-hydrogen) atoms. The Morgan fingerprint density at radius 2 is 1.43 bits per heavy atom. The molecule has 0 radical (unpaired) electrons. The summed E-state index contributed by atoms with van der Waals surface area (Å²) in [6.45, 7) is 0. The number of hydrogen-bond acceptors (Lipinski definition) is 4. The molecule has 0 aliphatic rings. The van der Waals surface area contributed by atoms with Crippen molar-refractivity contribution in [3.8, 4) is 0 Å². The second-order valence-electron chi connectivity index (χ2n) is 6.09. The van der Waals surface area contributed by atoms with Crippen molar-refractivity contribution < 1.29 is 23.1 Å². The number of carbonyl (C=O) groups excluding carboxylic acids is 1. The molecule has 0 saturated carbocycles. The van der Waals surface area contributed by atoms with E-state index < -0.39 is 21.9 Å². The zero-order valence-corrected chi connectivity index (χ0v) is 19.1. The summed E-state index contributed by atoms with van der Waals surface area (Å²) >= 11 is 6.47. The molecular formula is C20H14Br2N2O5S. The second kappa shape index (κ2) is 8.99. The van der Waals surface area contributed by atoms with Crippen LogP contribution in [0.15, 0.2) is 80.6 Å². The lowest BCUT2D eigenvalue weighted by molar-refractivity contribution is 0.0698. The first kappa shape index (κ1) is 22.0. The number of halogens is 2. The normalized spacial score (nSPS) is 11.0. The van der Waals surface area contributed by atoms with E-state index in [1.165, 1.54) is 36.4 Å². The highest BCUT2D eigenvalue weighted by Gasteiger charge is 2.17. The summed E-state index contributed by atoms with van der Waals surface area (Å²) in [6, 6.07) is 16.4. The molecule has 0 aliphatic heterocycles. The van der Waals surface area contributed by atoms with E-state index in [4.69, 9.17) is 0 Å². The van der Waals surface area contributed by atoms with Gasteiger partial charge in [-0.3, -0.25) is 9.52 Å². The van der Waals surface area contributed by atoms with Crippen LogP contribution in [0.5, 0.6) is 0 Å². The minimum Gasteiger partial charge on any atom is -0.478 e. The molecule has 7 nitrogen and oxygen atoms in total. The molecule has 0 aliphatic carbocycles. The number of carboxylic acids is 1. The summed E-state index contributed by atoms with van der Waals surface area (Å²) in [5.74, 6) is -1.75. The highest BCUT2D eigenvalue weighted by Crippen LogP contribution is 2.23. The van der Waals surface area contributed by atoms with E-state index in [9.17, 15) is 23.1 Å². The Labute approximate surface area is 189 Å². The van der Waals surface area contributed by atoms with E-state index in [2.05, 4.69) is 41.9 Å². The van der Waals surface area contributed by atoms with Crippen molar-refractivity contribution in [3.63, 3.8) is 0 Å². The van der Waals surface area contributed by atoms with Crippen LogP contribution < -0.4 is 10.0 Å². The number of carbonyl (C=O) groups is 2. The number of benzene rings is 3. The van der Waals surface area contributed by atoms with Crippen LogP contribution in [0.3, 0.4) is 0 Å². The Bertz CT molecular complexity index is 1210. The maximum Gasteiger partial charge on any atom is 0.337 e. The van der Waals surface area contributed by atoms with Crippen molar-refractivity contribution in [2.75, 3.05) is 10.0 Å². The molecule has 154 valence electrons. The van der Waals surface area contributed by atoms with Gasteiger partial charge in [-0.2, -0.15) is 0 Å². The summed E-state index contributed by atoms with van der Waals surface area (Å²) in [5, 5.41) is 11.8. The van der Waals surface area contributed by atoms with Gasteiger partial charge in [0.15, 0.2) is 0 Å². The highest BCUT2D eigenvalue weighted by molar-refractivity contribution is 9.10. The third kappa shape index (κ3) is 5.26. The number of aromatic carboxylic acids is 1. The van der Waals surface area contributed by atoms with Gasteiger partial charge < -0.3 is 10.4 Å². The van der Waals surface area contributed by atoms with Gasteiger partial charge in [-0.05, 0) is 66.7 Å². The summed E-state index contributed by atoms with van der Waals surface area (Å²) in [5.41, 5.74) is 0.633. The summed E-state index contributed by atoms with van der Waals surface area (Å²) in [6.07, 6.45) is 0. The van der Waals surface area contributed by atoms with Gasteiger partial charge in [-0.15, -0.1) is 0 Å². The summed E-state index contributed by atoms with van der Waals surface area (Å²) in [7, 11) is -3.83. The molecular weight excluding hydrogens is 540 g/mol. The van der Waals surface area contributed by atoms with Crippen molar-refractivity contribution in [1.29, 1.82) is 0 Å². The fraction of sp³-hybridized carbons (Fsp3) is 0. The van der Waals surface area contributed by atoms with Crippen LogP contribution in [0.2, 0.25) is 0 Å². The molecule has 0 saturated heterocycles. The third-order valence-electron chi connectivity index (χ3n) is 3.98. The quantitative estimate of drug-likeness (QED) is 0.399. The largest absolute Gasteiger partial charge is 0.478 e. The van der Waals surface area contributed by atoms with Gasteiger partial charge in [0.1, 0.15) is 0 Å². The summed E-state index contributed by atoms with van der Waals surface area (Å²) < 4.78 is 28.9. The van der Waals surface area contributed by atoms with E-state index in [0.29, 0.717) is 10.2 Å². The number of hydrogen-bond donors (Lipinski definition) is 3. The molecule has 0 spiro atoms. The maximum atomic E-state index is 12.5. The molecule has 3 N–H and O–H groups in total. The molecule has 0 fully saturated rings. The van der Waals surface area contributed by atoms with Crippen LogP contribution in [-0.2, 0) is 10.0 Å². The average Bonchev–Trinajstić information content (AvgIpc) is 2.71. The van der Waals surface area contributed by atoms with Crippen LogP contribution >= 0.6 is 31.9 Å². The van der Waals surface area contributed by atoms with Gasteiger partial charge in [-0.25, -0.2) is 13.2 Å². The topological polar surface area (TPSA) is 113 Å². The number of sulfonamides is 1. The average molecular weight is 554 g/mol. The molecule has 3 rings (SSSR count). The summed E-state index contributed by atoms with van der Waals surface area (Å²) in [4.78, 5) is 23.8. The Morgan fingerprint density at radius 3 is 2.03 bits per heavy atom. The SMILES string of the molecule is O=C(Nc1ccc(Br)cc1C(=O)O)c1ccc(S(=O)(=O)Nc2ccc(Br)cc2)cc1. The first-order chi connectivity index (χ1) is 14.2. The number of carboxylic acid groups (broad SMARTS) is 1. The Kier molecular flexibility index (Phi) is 6.59. The predicted octanol–water partition coefficient (Wildman–Crippen LogP) is 4.96. The van der Waals surface area contributed by atoms with Gasteiger partial charge in [0.25, 0.3) is 15.9 Å². The van der Waals surface area contributed by atoms with E-state index in [1.807, 2.05) is 0 Å². The number of nitrogens with one attached hydrogen (secondary N) is 2. The molecule has 3 aromatic carbocycles. The van der Waals surface area contributed by atoms with Gasteiger partial charge in [0, 0.05) is 20.2 Å². The van der Waals surface area contributed by atoms with Gasteiger partial charge >= 0.3 is 5.97 Å². The first-order valence-electron chi connectivity index (χ1n) is 8.38. The standard InChI is InChI=1S/C20H14Br2N2O5S/c21-13-3-6-15(7-4-13)24-30(28,29)16-8-1-12(2-9-16)19(25)23-18-10-5-14(22)11-17(18)20(26)27/h1-11,24H,(H,23,25)(H,26,27). The molecule has 0 heterocycles. The third-order valence-corrected chi connectivity index (χ3v) is 6.40. The van der Waals surface area contributed by atoms with Gasteiger partial charge in [0.05, 0.1) is 16.1 Å². The Balaban J connectivity index is 1.77. The van der Waals surface area contributed by atoms with E-state index in [1.54, 1.807) is 30.3 Å².